The van der Waals surface area contributed by atoms with Gasteiger partial charge in [-0.1, -0.05) is 240 Å². The van der Waals surface area contributed by atoms with Crippen molar-refractivity contribution in [1.82, 2.24) is 0 Å². The summed E-state index contributed by atoms with van der Waals surface area (Å²) in [6, 6.07) is 0. The summed E-state index contributed by atoms with van der Waals surface area (Å²) in [5, 5.41) is 0. The summed E-state index contributed by atoms with van der Waals surface area (Å²) in [6.45, 7) is 6.52. The fourth-order valence-electron chi connectivity index (χ4n) is 8.03. The zero-order valence-electron chi connectivity index (χ0n) is 46.5. The molecule has 1 atom stereocenters. The molecule has 0 rings (SSSR count). The van der Waals surface area contributed by atoms with E-state index in [0.29, 0.717) is 19.3 Å². The first-order valence-electron chi connectivity index (χ1n) is 29.7. The molecule has 6 nitrogen and oxygen atoms in total. The van der Waals surface area contributed by atoms with E-state index in [2.05, 4.69) is 118 Å². The third-order valence-corrected chi connectivity index (χ3v) is 12.5. The van der Waals surface area contributed by atoms with Crippen molar-refractivity contribution in [2.75, 3.05) is 13.2 Å². The van der Waals surface area contributed by atoms with E-state index >= 15 is 0 Å². The predicted molar refractivity (Wildman–Crippen MR) is 307 cm³/mol. The number of hydrogen-bond acceptors (Lipinski definition) is 6. The lowest BCUT2D eigenvalue weighted by Gasteiger charge is -2.18. The van der Waals surface area contributed by atoms with Crippen molar-refractivity contribution in [1.29, 1.82) is 0 Å². The molecule has 0 fully saturated rings. The van der Waals surface area contributed by atoms with Crippen LogP contribution in [0.1, 0.15) is 278 Å². The molecule has 0 spiro atoms. The molecule has 0 heterocycles. The van der Waals surface area contributed by atoms with Crippen molar-refractivity contribution in [3.05, 3.63) is 97.2 Å². The second-order valence-electron chi connectivity index (χ2n) is 19.5. The Balaban J connectivity index is 4.53. The second-order valence-corrected chi connectivity index (χ2v) is 19.5. The highest BCUT2D eigenvalue weighted by atomic mass is 16.6. The lowest BCUT2D eigenvalue weighted by atomic mass is 10.1. The summed E-state index contributed by atoms with van der Waals surface area (Å²) in [5.41, 5.74) is 0. The lowest BCUT2D eigenvalue weighted by molar-refractivity contribution is -0.167. The van der Waals surface area contributed by atoms with E-state index in [4.69, 9.17) is 14.2 Å². The molecule has 0 amide bonds. The minimum Gasteiger partial charge on any atom is -0.462 e. The van der Waals surface area contributed by atoms with Gasteiger partial charge in [0.05, 0.1) is 0 Å². The molecular weight excluding hydrogens is 877 g/mol. The van der Waals surface area contributed by atoms with Crippen LogP contribution in [0.4, 0.5) is 0 Å². The molecule has 406 valence electrons. The monoisotopic (exact) mass is 987 g/mol. The lowest BCUT2D eigenvalue weighted by Crippen LogP contribution is -2.30. The molecule has 0 N–H and O–H groups in total. The number of carbonyl (C=O) groups excluding carboxylic acids is 3. The number of unbranched alkanes of at least 4 members (excludes halogenated alkanes) is 26. The molecule has 0 saturated carbocycles. The van der Waals surface area contributed by atoms with Crippen LogP contribution in [0.15, 0.2) is 97.2 Å². The maximum absolute atomic E-state index is 12.8. The Bertz CT molecular complexity index is 1410. The number of allylic oxidation sites excluding steroid dienone is 16. The van der Waals surface area contributed by atoms with Crippen molar-refractivity contribution in [2.45, 2.75) is 284 Å². The van der Waals surface area contributed by atoms with Crippen LogP contribution < -0.4 is 0 Å². The predicted octanol–water partition coefficient (Wildman–Crippen LogP) is 20.1. The molecule has 0 aliphatic heterocycles. The van der Waals surface area contributed by atoms with Gasteiger partial charge >= 0.3 is 17.9 Å². The minimum absolute atomic E-state index is 0.116. The van der Waals surface area contributed by atoms with Gasteiger partial charge in [-0.3, -0.25) is 14.4 Å². The third kappa shape index (κ3) is 57.1. The van der Waals surface area contributed by atoms with Crippen LogP contribution in [-0.4, -0.2) is 37.2 Å². The fraction of sp³-hybridized carbons (Fsp3) is 0.708. The van der Waals surface area contributed by atoms with E-state index < -0.39 is 6.10 Å². The molecule has 0 aromatic carbocycles. The molecular formula is C65H110O6. The standard InChI is InChI=1S/C65H110O6/c1-4-7-10-13-16-19-22-25-28-31-32-35-37-40-43-46-49-52-55-58-64(67)70-61-62(71-65(68)59-56-53-50-47-44-41-38-34-30-27-24-21-18-15-12-9-6-3)60-69-63(66)57-54-51-48-45-42-39-36-33-29-26-23-20-17-14-11-8-5-2/h18,21,25-30,36,38-39,41,45,47-48,50,62H,4-17,19-20,22-24,31-35,37,40,42-44,46,49,51-61H2,1-3H3/b21-18-,28-25-,29-26-,30-27-,39-36-,41-38-,48-45-,50-47-/t62-/m0/s1. The van der Waals surface area contributed by atoms with Crippen molar-refractivity contribution in [2.24, 2.45) is 0 Å². The zero-order valence-corrected chi connectivity index (χ0v) is 46.5. The first-order valence-corrected chi connectivity index (χ1v) is 29.7. The highest BCUT2D eigenvalue weighted by Crippen LogP contribution is 2.14. The van der Waals surface area contributed by atoms with E-state index in [9.17, 15) is 14.4 Å². The molecule has 0 unspecified atom stereocenters. The number of ether oxygens (including phenoxy) is 3. The number of esters is 3. The van der Waals surface area contributed by atoms with Gasteiger partial charge in [0.2, 0.25) is 0 Å². The van der Waals surface area contributed by atoms with Gasteiger partial charge in [0.1, 0.15) is 13.2 Å². The van der Waals surface area contributed by atoms with Gasteiger partial charge in [-0.2, -0.15) is 0 Å². The number of rotatable bonds is 53. The van der Waals surface area contributed by atoms with Crippen LogP contribution in [0, 0.1) is 0 Å². The Hall–Kier alpha value is -3.67. The van der Waals surface area contributed by atoms with E-state index in [0.717, 1.165) is 64.2 Å². The highest BCUT2D eigenvalue weighted by Gasteiger charge is 2.19. The van der Waals surface area contributed by atoms with Gasteiger partial charge in [0.25, 0.3) is 0 Å². The maximum atomic E-state index is 12.8. The molecule has 0 aliphatic carbocycles. The maximum Gasteiger partial charge on any atom is 0.306 e. The topological polar surface area (TPSA) is 78.9 Å². The van der Waals surface area contributed by atoms with Crippen LogP contribution in [0.3, 0.4) is 0 Å². The van der Waals surface area contributed by atoms with Gasteiger partial charge in [0, 0.05) is 19.3 Å². The van der Waals surface area contributed by atoms with Crippen LogP contribution in [0.5, 0.6) is 0 Å². The average molecular weight is 988 g/mol. The molecule has 0 saturated heterocycles. The van der Waals surface area contributed by atoms with Gasteiger partial charge in [-0.25, -0.2) is 0 Å². The Morgan fingerprint density at radius 2 is 0.521 bits per heavy atom. The van der Waals surface area contributed by atoms with Gasteiger partial charge < -0.3 is 14.2 Å². The SMILES string of the molecule is CCCCC/C=C\C/C=C\C/C=C\C/C=C\CCCC(=O)O[C@@H](COC(=O)CCC/C=C\C/C=C\C/C=C\CCCCCCCC)COC(=O)CCCCCCCCCCC/C=C\CCCCCCCC. The first-order chi connectivity index (χ1) is 35.0. The third-order valence-electron chi connectivity index (χ3n) is 12.5. The van der Waals surface area contributed by atoms with Crippen LogP contribution in [0.2, 0.25) is 0 Å². The summed E-state index contributed by atoms with van der Waals surface area (Å²) >= 11 is 0. The van der Waals surface area contributed by atoms with Crippen LogP contribution >= 0.6 is 0 Å². The van der Waals surface area contributed by atoms with E-state index in [-0.39, 0.29) is 44.0 Å². The van der Waals surface area contributed by atoms with Crippen molar-refractivity contribution >= 4 is 17.9 Å². The quantitative estimate of drug-likeness (QED) is 0.0261. The first kappa shape index (κ1) is 67.3. The normalized spacial score (nSPS) is 12.8. The summed E-state index contributed by atoms with van der Waals surface area (Å²) < 4.78 is 16.8. The molecule has 0 bridgehead atoms. The number of hydrogen-bond donors (Lipinski definition) is 0. The van der Waals surface area contributed by atoms with E-state index in [1.807, 2.05) is 0 Å². The van der Waals surface area contributed by atoms with Crippen molar-refractivity contribution < 1.29 is 28.6 Å². The largest absolute Gasteiger partial charge is 0.462 e. The van der Waals surface area contributed by atoms with Crippen molar-refractivity contribution in [3.8, 4) is 0 Å². The van der Waals surface area contributed by atoms with Crippen LogP contribution in [-0.2, 0) is 28.6 Å². The molecule has 0 aromatic rings. The van der Waals surface area contributed by atoms with Gasteiger partial charge in [-0.05, 0) is 116 Å². The summed E-state index contributed by atoms with van der Waals surface area (Å²) in [5.74, 6) is -1.03. The van der Waals surface area contributed by atoms with Gasteiger partial charge in [-0.15, -0.1) is 0 Å². The summed E-state index contributed by atoms with van der Waals surface area (Å²) in [6.07, 6.45) is 78.4. The fourth-order valence-corrected chi connectivity index (χ4v) is 8.03. The second kappa shape index (κ2) is 58.9. The Morgan fingerprint density at radius 1 is 0.282 bits per heavy atom. The molecule has 6 heteroatoms. The molecule has 71 heavy (non-hydrogen) atoms. The van der Waals surface area contributed by atoms with E-state index in [1.165, 1.54) is 161 Å². The average Bonchev–Trinajstić information content (AvgIpc) is 3.37. The molecule has 0 aromatic heterocycles. The van der Waals surface area contributed by atoms with Crippen molar-refractivity contribution in [3.63, 3.8) is 0 Å². The van der Waals surface area contributed by atoms with E-state index in [1.54, 1.807) is 0 Å². The zero-order chi connectivity index (χ0) is 51.4. The highest BCUT2D eigenvalue weighted by molar-refractivity contribution is 5.71. The number of carbonyl (C=O) groups is 3. The minimum atomic E-state index is -0.829. The van der Waals surface area contributed by atoms with Crippen LogP contribution in [0.25, 0.3) is 0 Å². The summed E-state index contributed by atoms with van der Waals surface area (Å²) in [4.78, 5) is 38.2. The Kier molecular flexibility index (Phi) is 55.9. The Morgan fingerprint density at radius 3 is 0.887 bits per heavy atom. The summed E-state index contributed by atoms with van der Waals surface area (Å²) in [7, 11) is 0. The molecule has 0 radical (unpaired) electrons. The smallest absolute Gasteiger partial charge is 0.306 e. The Labute approximate surface area is 438 Å². The molecule has 0 aliphatic rings. The van der Waals surface area contributed by atoms with Gasteiger partial charge in [0.15, 0.2) is 6.10 Å².